The number of benzene rings is 1. The Morgan fingerprint density at radius 3 is 2.81 bits per heavy atom. The molecule has 0 heterocycles. The zero-order valence-electron chi connectivity index (χ0n) is 9.23. The number of aromatic hydroxyl groups is 2. The lowest BCUT2D eigenvalue weighted by atomic mass is 10.1. The van der Waals surface area contributed by atoms with Crippen LogP contribution in [0, 0.1) is 0 Å². The van der Waals surface area contributed by atoms with Crippen molar-refractivity contribution in [1.29, 1.82) is 0 Å². The fourth-order valence-electron chi connectivity index (χ4n) is 1.24. The molecule has 0 bridgehead atoms. The smallest absolute Gasteiger partial charge is 0.322 e. The monoisotopic (exact) mass is 225 g/mol. The third-order valence-corrected chi connectivity index (χ3v) is 2.25. The van der Waals surface area contributed by atoms with E-state index in [0.717, 1.165) is 0 Å². The van der Waals surface area contributed by atoms with Crippen LogP contribution >= 0.6 is 0 Å². The SMILES string of the molecule is COC(=O)[C@H](C)NCc1cccc(O)c1O. The third-order valence-electron chi connectivity index (χ3n) is 2.25. The average molecular weight is 225 g/mol. The predicted molar refractivity (Wildman–Crippen MR) is 58.1 cm³/mol. The Morgan fingerprint density at radius 1 is 1.50 bits per heavy atom. The minimum atomic E-state index is -0.466. The van der Waals surface area contributed by atoms with E-state index in [-0.39, 0.29) is 24.0 Å². The summed E-state index contributed by atoms with van der Waals surface area (Å²) in [7, 11) is 1.31. The summed E-state index contributed by atoms with van der Waals surface area (Å²) in [6.45, 7) is 1.93. The normalized spacial score (nSPS) is 12.1. The molecule has 3 N–H and O–H groups in total. The molecule has 0 radical (unpaired) electrons. The lowest BCUT2D eigenvalue weighted by Gasteiger charge is -2.12. The van der Waals surface area contributed by atoms with Gasteiger partial charge in [0.1, 0.15) is 6.04 Å². The van der Waals surface area contributed by atoms with Crippen LogP contribution in [0.25, 0.3) is 0 Å². The average Bonchev–Trinajstić information content (AvgIpc) is 2.29. The maximum Gasteiger partial charge on any atom is 0.322 e. The van der Waals surface area contributed by atoms with Crippen molar-refractivity contribution < 1.29 is 19.7 Å². The first kappa shape index (κ1) is 12.3. The molecule has 0 aliphatic carbocycles. The summed E-state index contributed by atoms with van der Waals surface area (Å²) >= 11 is 0. The van der Waals surface area contributed by atoms with E-state index in [1.165, 1.54) is 13.2 Å². The fraction of sp³-hybridized carbons (Fsp3) is 0.364. The fourth-order valence-corrected chi connectivity index (χ4v) is 1.24. The van der Waals surface area contributed by atoms with E-state index in [1.54, 1.807) is 19.1 Å². The largest absolute Gasteiger partial charge is 0.504 e. The van der Waals surface area contributed by atoms with Gasteiger partial charge in [-0.1, -0.05) is 12.1 Å². The second-order valence-electron chi connectivity index (χ2n) is 3.41. The molecule has 1 aromatic carbocycles. The number of carbonyl (C=O) groups excluding carboxylic acids is 1. The van der Waals surface area contributed by atoms with Gasteiger partial charge in [0, 0.05) is 12.1 Å². The molecule has 0 aromatic heterocycles. The van der Waals surface area contributed by atoms with Crippen molar-refractivity contribution in [2.45, 2.75) is 19.5 Å². The van der Waals surface area contributed by atoms with Gasteiger partial charge in [-0.2, -0.15) is 0 Å². The summed E-state index contributed by atoms with van der Waals surface area (Å²) in [4.78, 5) is 11.1. The number of phenolic OH excluding ortho intramolecular Hbond substituents is 2. The summed E-state index contributed by atoms with van der Waals surface area (Å²) in [5.41, 5.74) is 0.524. The summed E-state index contributed by atoms with van der Waals surface area (Å²) in [5.74, 6) is -0.725. The molecule has 0 spiro atoms. The lowest BCUT2D eigenvalue weighted by molar-refractivity contribution is -0.142. The molecule has 1 rings (SSSR count). The minimum Gasteiger partial charge on any atom is -0.504 e. The molecule has 0 aliphatic heterocycles. The maximum absolute atomic E-state index is 11.1. The molecule has 0 aliphatic rings. The zero-order chi connectivity index (χ0) is 12.1. The van der Waals surface area contributed by atoms with E-state index in [9.17, 15) is 15.0 Å². The number of carbonyl (C=O) groups is 1. The maximum atomic E-state index is 11.1. The molecule has 5 nitrogen and oxygen atoms in total. The predicted octanol–water partition coefficient (Wildman–Crippen LogP) is 0.749. The molecule has 88 valence electrons. The van der Waals surface area contributed by atoms with Crippen molar-refractivity contribution in [2.75, 3.05) is 7.11 Å². The van der Waals surface area contributed by atoms with E-state index >= 15 is 0 Å². The van der Waals surface area contributed by atoms with Crippen molar-refractivity contribution in [3.8, 4) is 11.5 Å². The standard InChI is InChI=1S/C11H15NO4/c1-7(11(15)16-2)12-6-8-4-3-5-9(13)10(8)14/h3-5,7,12-14H,6H2,1-2H3/t7-/m0/s1. The molecule has 1 aromatic rings. The van der Waals surface area contributed by atoms with Gasteiger partial charge < -0.3 is 20.3 Å². The number of ether oxygens (including phenoxy) is 1. The summed E-state index contributed by atoms with van der Waals surface area (Å²) < 4.78 is 4.54. The van der Waals surface area contributed by atoms with Crippen LogP contribution in [0.5, 0.6) is 11.5 Å². The number of phenols is 2. The van der Waals surface area contributed by atoms with Crippen LogP contribution < -0.4 is 5.32 Å². The molecule has 0 saturated heterocycles. The van der Waals surface area contributed by atoms with Crippen LogP contribution in [-0.2, 0) is 16.1 Å². The topological polar surface area (TPSA) is 78.8 Å². The Bertz CT molecular complexity index is 378. The van der Waals surface area contributed by atoms with E-state index in [2.05, 4.69) is 10.1 Å². The Hall–Kier alpha value is -1.75. The van der Waals surface area contributed by atoms with Gasteiger partial charge in [-0.05, 0) is 13.0 Å². The highest BCUT2D eigenvalue weighted by Crippen LogP contribution is 2.27. The number of para-hydroxylation sites is 1. The van der Waals surface area contributed by atoms with Crippen LogP contribution in [0.1, 0.15) is 12.5 Å². The Kier molecular flexibility index (Phi) is 4.13. The first-order valence-electron chi connectivity index (χ1n) is 4.87. The Labute approximate surface area is 93.7 Å². The highest BCUT2D eigenvalue weighted by atomic mass is 16.5. The van der Waals surface area contributed by atoms with Gasteiger partial charge in [-0.15, -0.1) is 0 Å². The van der Waals surface area contributed by atoms with Crippen molar-refractivity contribution in [2.24, 2.45) is 0 Å². The quantitative estimate of drug-likeness (QED) is 0.520. The summed E-state index contributed by atoms with van der Waals surface area (Å²) in [6.07, 6.45) is 0. The van der Waals surface area contributed by atoms with E-state index in [1.807, 2.05) is 0 Å². The molecule has 0 fully saturated rings. The van der Waals surface area contributed by atoms with Crippen molar-refractivity contribution >= 4 is 5.97 Å². The van der Waals surface area contributed by atoms with E-state index < -0.39 is 6.04 Å². The van der Waals surface area contributed by atoms with E-state index in [0.29, 0.717) is 5.56 Å². The lowest BCUT2D eigenvalue weighted by Crippen LogP contribution is -2.34. The van der Waals surface area contributed by atoms with Crippen LogP contribution in [0.2, 0.25) is 0 Å². The number of nitrogens with one attached hydrogen (secondary N) is 1. The van der Waals surface area contributed by atoms with Gasteiger partial charge in [-0.25, -0.2) is 0 Å². The second-order valence-corrected chi connectivity index (χ2v) is 3.41. The first-order valence-corrected chi connectivity index (χ1v) is 4.87. The molecule has 1 atom stereocenters. The minimum absolute atomic E-state index is 0.174. The Morgan fingerprint density at radius 2 is 2.19 bits per heavy atom. The van der Waals surface area contributed by atoms with Gasteiger partial charge >= 0.3 is 5.97 Å². The van der Waals surface area contributed by atoms with E-state index in [4.69, 9.17) is 0 Å². The number of esters is 1. The van der Waals surface area contributed by atoms with Crippen LogP contribution in [0.4, 0.5) is 0 Å². The molecule has 0 amide bonds. The van der Waals surface area contributed by atoms with Crippen molar-refractivity contribution in [3.05, 3.63) is 23.8 Å². The number of rotatable bonds is 4. The summed E-state index contributed by atoms with van der Waals surface area (Å²) in [6, 6.07) is 4.20. The highest BCUT2D eigenvalue weighted by molar-refractivity contribution is 5.75. The molecule has 0 saturated carbocycles. The van der Waals surface area contributed by atoms with Gasteiger partial charge in [-0.3, -0.25) is 4.79 Å². The molecule has 5 heteroatoms. The second kappa shape index (κ2) is 5.37. The summed E-state index contributed by atoms with van der Waals surface area (Å²) in [5, 5.41) is 21.6. The van der Waals surface area contributed by atoms with Crippen molar-refractivity contribution in [3.63, 3.8) is 0 Å². The molecular formula is C11H15NO4. The zero-order valence-corrected chi connectivity index (χ0v) is 9.23. The van der Waals surface area contributed by atoms with Gasteiger partial charge in [0.25, 0.3) is 0 Å². The third kappa shape index (κ3) is 2.87. The number of methoxy groups -OCH3 is 1. The molecular weight excluding hydrogens is 210 g/mol. The number of hydrogen-bond donors (Lipinski definition) is 3. The Balaban J connectivity index is 2.61. The molecule has 16 heavy (non-hydrogen) atoms. The van der Waals surface area contributed by atoms with Crippen molar-refractivity contribution in [1.82, 2.24) is 5.32 Å². The number of hydrogen-bond acceptors (Lipinski definition) is 5. The van der Waals surface area contributed by atoms with Crippen LogP contribution in [0.3, 0.4) is 0 Å². The van der Waals surface area contributed by atoms with Gasteiger partial charge in [0.15, 0.2) is 11.5 Å². The van der Waals surface area contributed by atoms with Gasteiger partial charge in [0.05, 0.1) is 7.11 Å². The first-order chi connectivity index (χ1) is 7.56. The molecule has 0 unspecified atom stereocenters. The van der Waals surface area contributed by atoms with Gasteiger partial charge in [0.2, 0.25) is 0 Å². The highest BCUT2D eigenvalue weighted by Gasteiger charge is 2.13. The van der Waals surface area contributed by atoms with Crippen LogP contribution in [0.15, 0.2) is 18.2 Å². The van der Waals surface area contributed by atoms with Crippen LogP contribution in [-0.4, -0.2) is 29.3 Å².